The Morgan fingerprint density at radius 3 is 2.61 bits per heavy atom. The molecule has 0 spiro atoms. The maximum absolute atomic E-state index is 9.68. The number of para-hydroxylation sites is 1. The lowest BCUT2D eigenvalue weighted by atomic mass is 10.1. The standard InChI is InChI=1S/C15H22N2O/c1-10-6-5-7-12-11(2)13(17-14(10)12)8-16-9-15(3,4)18/h5-7,16-18H,8-9H2,1-4H3. The van der Waals surface area contributed by atoms with E-state index >= 15 is 0 Å². The highest BCUT2D eigenvalue weighted by Gasteiger charge is 2.13. The molecule has 3 heteroatoms. The number of H-pyrrole nitrogens is 1. The molecule has 1 heterocycles. The molecule has 0 aliphatic carbocycles. The molecule has 3 nitrogen and oxygen atoms in total. The van der Waals surface area contributed by atoms with E-state index in [9.17, 15) is 5.11 Å². The van der Waals surface area contributed by atoms with Gasteiger partial charge < -0.3 is 15.4 Å². The van der Waals surface area contributed by atoms with Crippen molar-refractivity contribution in [1.29, 1.82) is 0 Å². The summed E-state index contributed by atoms with van der Waals surface area (Å²) in [5, 5.41) is 14.2. The molecule has 0 atom stereocenters. The van der Waals surface area contributed by atoms with Crippen molar-refractivity contribution < 1.29 is 5.11 Å². The summed E-state index contributed by atoms with van der Waals surface area (Å²) in [5.41, 5.74) is 4.30. The molecule has 3 N–H and O–H groups in total. The highest BCUT2D eigenvalue weighted by atomic mass is 16.3. The van der Waals surface area contributed by atoms with Crippen LogP contribution in [0.25, 0.3) is 10.9 Å². The van der Waals surface area contributed by atoms with Gasteiger partial charge in [-0.25, -0.2) is 0 Å². The quantitative estimate of drug-likeness (QED) is 0.776. The van der Waals surface area contributed by atoms with E-state index in [1.807, 2.05) is 13.8 Å². The summed E-state index contributed by atoms with van der Waals surface area (Å²) in [5.74, 6) is 0. The monoisotopic (exact) mass is 246 g/mol. The first kappa shape index (κ1) is 13.1. The molecule has 1 aromatic heterocycles. The van der Waals surface area contributed by atoms with Gasteiger partial charge in [-0.1, -0.05) is 18.2 Å². The maximum Gasteiger partial charge on any atom is 0.0715 e. The van der Waals surface area contributed by atoms with Gasteiger partial charge >= 0.3 is 0 Å². The topological polar surface area (TPSA) is 48.0 Å². The molecule has 0 bridgehead atoms. The van der Waals surface area contributed by atoms with Crippen molar-refractivity contribution in [3.05, 3.63) is 35.0 Å². The van der Waals surface area contributed by atoms with E-state index in [-0.39, 0.29) is 0 Å². The van der Waals surface area contributed by atoms with Crippen molar-refractivity contribution >= 4 is 10.9 Å². The second-order valence-electron chi connectivity index (χ2n) is 5.64. The van der Waals surface area contributed by atoms with Gasteiger partial charge in [0.2, 0.25) is 0 Å². The van der Waals surface area contributed by atoms with Gasteiger partial charge in [-0.05, 0) is 38.8 Å². The lowest BCUT2D eigenvalue weighted by Crippen LogP contribution is -2.34. The van der Waals surface area contributed by atoms with Gasteiger partial charge in [0.05, 0.1) is 5.60 Å². The molecule has 2 aromatic rings. The predicted molar refractivity (Wildman–Crippen MR) is 75.8 cm³/mol. The van der Waals surface area contributed by atoms with Crippen LogP contribution in [0.1, 0.15) is 30.7 Å². The van der Waals surface area contributed by atoms with E-state index < -0.39 is 5.60 Å². The van der Waals surface area contributed by atoms with E-state index in [0.29, 0.717) is 6.54 Å². The van der Waals surface area contributed by atoms with Crippen LogP contribution in [0.3, 0.4) is 0 Å². The first-order valence-corrected chi connectivity index (χ1v) is 6.38. The molecular formula is C15H22N2O. The average Bonchev–Trinajstić information content (AvgIpc) is 2.57. The van der Waals surface area contributed by atoms with E-state index in [2.05, 4.69) is 42.3 Å². The Morgan fingerprint density at radius 2 is 2.00 bits per heavy atom. The lowest BCUT2D eigenvalue weighted by Gasteiger charge is -2.17. The Bertz CT molecular complexity index is 549. The van der Waals surface area contributed by atoms with Crippen molar-refractivity contribution in [2.45, 2.75) is 39.8 Å². The van der Waals surface area contributed by atoms with Crippen LogP contribution < -0.4 is 5.32 Å². The number of benzene rings is 1. The second-order valence-corrected chi connectivity index (χ2v) is 5.64. The van der Waals surface area contributed by atoms with Crippen LogP contribution in [0.2, 0.25) is 0 Å². The van der Waals surface area contributed by atoms with Crippen molar-refractivity contribution in [3.8, 4) is 0 Å². The van der Waals surface area contributed by atoms with E-state index in [0.717, 1.165) is 6.54 Å². The smallest absolute Gasteiger partial charge is 0.0715 e. The molecular weight excluding hydrogens is 224 g/mol. The molecule has 0 saturated heterocycles. The van der Waals surface area contributed by atoms with Crippen LogP contribution in [0.4, 0.5) is 0 Å². The summed E-state index contributed by atoms with van der Waals surface area (Å²) in [6.45, 7) is 9.21. The Morgan fingerprint density at radius 1 is 1.28 bits per heavy atom. The fourth-order valence-electron chi connectivity index (χ4n) is 2.22. The van der Waals surface area contributed by atoms with Crippen LogP contribution >= 0.6 is 0 Å². The molecule has 0 unspecified atom stereocenters. The van der Waals surface area contributed by atoms with Crippen molar-refractivity contribution in [2.24, 2.45) is 0 Å². The summed E-state index contributed by atoms with van der Waals surface area (Å²) in [6.07, 6.45) is 0. The Labute approximate surface area is 108 Å². The number of hydrogen-bond donors (Lipinski definition) is 3. The first-order chi connectivity index (χ1) is 8.38. The van der Waals surface area contributed by atoms with Crippen LogP contribution in [-0.2, 0) is 6.54 Å². The maximum atomic E-state index is 9.68. The average molecular weight is 246 g/mol. The summed E-state index contributed by atoms with van der Waals surface area (Å²) in [7, 11) is 0. The molecule has 0 fully saturated rings. The third kappa shape index (κ3) is 2.74. The van der Waals surface area contributed by atoms with Gasteiger partial charge in [-0.2, -0.15) is 0 Å². The Balaban J connectivity index is 2.19. The number of aliphatic hydroxyl groups is 1. The van der Waals surface area contributed by atoms with Gasteiger partial charge in [-0.3, -0.25) is 0 Å². The summed E-state index contributed by atoms with van der Waals surface area (Å²) in [6, 6.07) is 6.35. The number of nitrogens with one attached hydrogen (secondary N) is 2. The van der Waals surface area contributed by atoms with Crippen LogP contribution in [0.5, 0.6) is 0 Å². The van der Waals surface area contributed by atoms with Crippen molar-refractivity contribution in [1.82, 2.24) is 10.3 Å². The molecule has 0 radical (unpaired) electrons. The zero-order valence-corrected chi connectivity index (χ0v) is 11.6. The highest BCUT2D eigenvalue weighted by Crippen LogP contribution is 2.24. The summed E-state index contributed by atoms with van der Waals surface area (Å²) in [4.78, 5) is 3.47. The van der Waals surface area contributed by atoms with Gasteiger partial charge in [0.25, 0.3) is 0 Å². The second kappa shape index (κ2) is 4.75. The third-order valence-corrected chi connectivity index (χ3v) is 3.26. The van der Waals surface area contributed by atoms with E-state index in [1.165, 1.54) is 27.7 Å². The largest absolute Gasteiger partial charge is 0.389 e. The zero-order chi connectivity index (χ0) is 13.3. The number of aromatic amines is 1. The van der Waals surface area contributed by atoms with Gasteiger partial charge in [0, 0.05) is 29.7 Å². The third-order valence-electron chi connectivity index (χ3n) is 3.26. The number of fused-ring (bicyclic) bond motifs is 1. The van der Waals surface area contributed by atoms with Crippen molar-refractivity contribution in [2.75, 3.05) is 6.54 Å². The molecule has 18 heavy (non-hydrogen) atoms. The normalized spacial score (nSPS) is 12.3. The van der Waals surface area contributed by atoms with Crippen LogP contribution in [-0.4, -0.2) is 22.2 Å². The molecule has 98 valence electrons. The molecule has 0 aliphatic rings. The predicted octanol–water partition coefficient (Wildman–Crippen LogP) is 2.65. The van der Waals surface area contributed by atoms with Crippen LogP contribution in [0, 0.1) is 13.8 Å². The molecule has 1 aromatic carbocycles. The SMILES string of the molecule is Cc1c(CNCC(C)(C)O)[nH]c2c(C)cccc12. The van der Waals surface area contributed by atoms with Gasteiger partial charge in [0.1, 0.15) is 0 Å². The van der Waals surface area contributed by atoms with E-state index in [4.69, 9.17) is 0 Å². The minimum atomic E-state index is -0.671. The first-order valence-electron chi connectivity index (χ1n) is 6.38. The number of hydrogen-bond acceptors (Lipinski definition) is 2. The zero-order valence-electron chi connectivity index (χ0n) is 11.6. The molecule has 0 aliphatic heterocycles. The highest BCUT2D eigenvalue weighted by molar-refractivity contribution is 5.86. The number of aryl methyl sites for hydroxylation is 2. The Kier molecular flexibility index (Phi) is 3.46. The minimum absolute atomic E-state index is 0.584. The van der Waals surface area contributed by atoms with Crippen LogP contribution in [0.15, 0.2) is 18.2 Å². The van der Waals surface area contributed by atoms with Crippen molar-refractivity contribution in [3.63, 3.8) is 0 Å². The summed E-state index contributed by atoms with van der Waals surface area (Å²) >= 11 is 0. The lowest BCUT2D eigenvalue weighted by molar-refractivity contribution is 0.0794. The fraction of sp³-hybridized carbons (Fsp3) is 0.467. The van der Waals surface area contributed by atoms with Gasteiger partial charge in [0.15, 0.2) is 0 Å². The fourth-order valence-corrected chi connectivity index (χ4v) is 2.22. The van der Waals surface area contributed by atoms with E-state index in [1.54, 1.807) is 0 Å². The van der Waals surface area contributed by atoms with Gasteiger partial charge in [-0.15, -0.1) is 0 Å². The Hall–Kier alpha value is -1.32. The number of aromatic nitrogens is 1. The molecule has 0 amide bonds. The minimum Gasteiger partial charge on any atom is -0.389 e. The summed E-state index contributed by atoms with van der Waals surface area (Å²) < 4.78 is 0. The molecule has 2 rings (SSSR count). The molecule has 0 saturated carbocycles. The number of rotatable bonds is 4.